The molecule has 1 atom stereocenters. The van der Waals surface area contributed by atoms with E-state index in [0.717, 1.165) is 69.9 Å². The molecule has 2 aliphatic heterocycles. The first-order chi connectivity index (χ1) is 11.9. The summed E-state index contributed by atoms with van der Waals surface area (Å²) in [6, 6.07) is 2.03. The number of carboxylic acids is 1. The fourth-order valence-corrected chi connectivity index (χ4v) is 4.33. The smallest absolute Gasteiger partial charge is 0.307 e. The van der Waals surface area contributed by atoms with Crippen molar-refractivity contribution >= 4 is 17.6 Å². The number of hydrogen-bond acceptors (Lipinski definition) is 6. The van der Waals surface area contributed by atoms with Gasteiger partial charge in [-0.3, -0.25) is 4.79 Å². The molecule has 1 spiro atoms. The Morgan fingerprint density at radius 2 is 1.60 bits per heavy atom. The van der Waals surface area contributed by atoms with E-state index in [0.29, 0.717) is 0 Å². The number of hydrogen-bond donors (Lipinski definition) is 2. The average molecular weight is 346 g/mol. The Balaban J connectivity index is 1.40. The number of aliphatic carboxylic acids is 1. The zero-order valence-corrected chi connectivity index (χ0v) is 14.7. The van der Waals surface area contributed by atoms with Crippen LogP contribution in [0.3, 0.4) is 0 Å². The van der Waals surface area contributed by atoms with Gasteiger partial charge in [-0.15, -0.1) is 0 Å². The predicted octanol–water partition coefficient (Wildman–Crippen LogP) is 1.52. The van der Waals surface area contributed by atoms with Crippen molar-refractivity contribution in [2.75, 3.05) is 36.0 Å². The topological polar surface area (TPSA) is 89.8 Å². The molecule has 1 saturated carbocycles. The molecule has 0 bridgehead atoms. The lowest BCUT2D eigenvalue weighted by Crippen LogP contribution is -2.43. The summed E-state index contributed by atoms with van der Waals surface area (Å²) in [6.45, 7) is 5.20. The Bertz CT molecular complexity index is 660. The van der Waals surface area contributed by atoms with E-state index in [4.69, 9.17) is 0 Å². The van der Waals surface area contributed by atoms with Crippen LogP contribution in [0.2, 0.25) is 0 Å². The maximum Gasteiger partial charge on any atom is 0.307 e. The molecule has 3 heterocycles. The van der Waals surface area contributed by atoms with Crippen molar-refractivity contribution in [1.82, 2.24) is 9.97 Å². The SMILES string of the molecule is CC1(O)CCN(c2cc(N3CCC4(CC3)CC4C(=O)O)ncn2)CC1. The van der Waals surface area contributed by atoms with Crippen LogP contribution in [-0.2, 0) is 4.79 Å². The van der Waals surface area contributed by atoms with E-state index in [2.05, 4.69) is 19.8 Å². The molecular formula is C18H26N4O3. The second-order valence-electron chi connectivity index (χ2n) is 8.16. The lowest BCUT2D eigenvalue weighted by molar-refractivity contribution is -0.139. The Hall–Kier alpha value is -1.89. The first-order valence-electron chi connectivity index (χ1n) is 9.16. The summed E-state index contributed by atoms with van der Waals surface area (Å²) in [5.74, 6) is 1.05. The zero-order valence-electron chi connectivity index (χ0n) is 14.7. The average Bonchev–Trinajstić information content (AvgIpc) is 3.29. The summed E-state index contributed by atoms with van der Waals surface area (Å²) in [7, 11) is 0. The van der Waals surface area contributed by atoms with E-state index < -0.39 is 11.6 Å². The van der Waals surface area contributed by atoms with Crippen molar-refractivity contribution in [3.05, 3.63) is 12.4 Å². The van der Waals surface area contributed by atoms with Gasteiger partial charge in [-0.25, -0.2) is 9.97 Å². The van der Waals surface area contributed by atoms with Crippen LogP contribution in [-0.4, -0.2) is 57.9 Å². The minimum Gasteiger partial charge on any atom is -0.481 e. The van der Waals surface area contributed by atoms with Crippen LogP contribution >= 0.6 is 0 Å². The van der Waals surface area contributed by atoms with Crippen LogP contribution in [0.4, 0.5) is 11.6 Å². The number of piperidine rings is 2. The molecule has 0 amide bonds. The van der Waals surface area contributed by atoms with Gasteiger partial charge in [-0.1, -0.05) is 0 Å². The van der Waals surface area contributed by atoms with Crippen molar-refractivity contribution in [1.29, 1.82) is 0 Å². The van der Waals surface area contributed by atoms with Crippen molar-refractivity contribution in [3.8, 4) is 0 Å². The van der Waals surface area contributed by atoms with E-state index in [9.17, 15) is 15.0 Å². The van der Waals surface area contributed by atoms with Crippen LogP contribution in [0.5, 0.6) is 0 Å². The van der Waals surface area contributed by atoms with Crippen LogP contribution < -0.4 is 9.80 Å². The fraction of sp³-hybridized carbons (Fsp3) is 0.722. The van der Waals surface area contributed by atoms with E-state index in [1.165, 1.54) is 0 Å². The zero-order chi connectivity index (χ0) is 17.7. The molecule has 136 valence electrons. The molecule has 0 aromatic carbocycles. The third-order valence-corrected chi connectivity index (χ3v) is 6.37. The quantitative estimate of drug-likeness (QED) is 0.857. The van der Waals surface area contributed by atoms with E-state index in [-0.39, 0.29) is 11.3 Å². The summed E-state index contributed by atoms with van der Waals surface area (Å²) in [6.07, 6.45) is 5.79. The normalized spacial score (nSPS) is 27.4. The van der Waals surface area contributed by atoms with Gasteiger partial charge in [0.2, 0.25) is 0 Å². The molecule has 2 saturated heterocycles. The predicted molar refractivity (Wildman–Crippen MR) is 93.7 cm³/mol. The first kappa shape index (κ1) is 16.6. The number of carboxylic acid groups (broad SMARTS) is 1. The van der Waals surface area contributed by atoms with Gasteiger partial charge in [-0.05, 0) is 44.4 Å². The van der Waals surface area contributed by atoms with Gasteiger partial charge in [-0.2, -0.15) is 0 Å². The number of aromatic nitrogens is 2. The monoisotopic (exact) mass is 346 g/mol. The molecule has 1 aliphatic carbocycles. The molecule has 0 radical (unpaired) electrons. The number of carbonyl (C=O) groups is 1. The number of nitrogens with zero attached hydrogens (tertiary/aromatic N) is 4. The molecule has 7 nitrogen and oxygen atoms in total. The van der Waals surface area contributed by atoms with Gasteiger partial charge in [0.05, 0.1) is 11.5 Å². The standard InChI is InChI=1S/C18H26N4O3/c1-17(25)2-6-21(7-3-17)14-10-15(20-12-19-14)22-8-4-18(5-9-22)11-13(18)16(23)24/h10,12-13,25H,2-9,11H2,1H3,(H,23,24). The Labute approximate surface area is 147 Å². The Morgan fingerprint density at radius 3 is 2.08 bits per heavy atom. The van der Waals surface area contributed by atoms with E-state index >= 15 is 0 Å². The van der Waals surface area contributed by atoms with Gasteiger partial charge in [0.1, 0.15) is 18.0 Å². The lowest BCUT2D eigenvalue weighted by Gasteiger charge is -2.37. The third-order valence-electron chi connectivity index (χ3n) is 6.37. The van der Waals surface area contributed by atoms with Crippen molar-refractivity contribution in [3.63, 3.8) is 0 Å². The largest absolute Gasteiger partial charge is 0.481 e. The van der Waals surface area contributed by atoms with E-state index in [1.807, 2.05) is 13.0 Å². The van der Waals surface area contributed by atoms with Gasteiger partial charge in [0.15, 0.2) is 0 Å². The molecule has 4 rings (SSSR count). The van der Waals surface area contributed by atoms with E-state index in [1.54, 1.807) is 6.33 Å². The highest BCUT2D eigenvalue weighted by molar-refractivity contribution is 5.75. The second-order valence-corrected chi connectivity index (χ2v) is 8.16. The van der Waals surface area contributed by atoms with Crippen molar-refractivity contribution in [2.45, 2.75) is 44.6 Å². The number of rotatable bonds is 3. The second kappa shape index (κ2) is 5.83. The van der Waals surface area contributed by atoms with Crippen LogP contribution in [0.1, 0.15) is 39.0 Å². The van der Waals surface area contributed by atoms with Crippen LogP contribution in [0.15, 0.2) is 12.4 Å². The summed E-state index contributed by atoms with van der Waals surface area (Å²) < 4.78 is 0. The van der Waals surface area contributed by atoms with Crippen molar-refractivity contribution < 1.29 is 15.0 Å². The molecule has 25 heavy (non-hydrogen) atoms. The number of aliphatic hydroxyl groups is 1. The highest BCUT2D eigenvalue weighted by Crippen LogP contribution is 2.59. The maximum atomic E-state index is 11.2. The number of anilines is 2. The van der Waals surface area contributed by atoms with Gasteiger partial charge < -0.3 is 20.0 Å². The maximum absolute atomic E-state index is 11.2. The molecule has 7 heteroatoms. The summed E-state index contributed by atoms with van der Waals surface area (Å²) in [5.41, 5.74) is -0.533. The summed E-state index contributed by atoms with van der Waals surface area (Å²) in [4.78, 5) is 24.5. The molecule has 3 aliphatic rings. The minimum absolute atomic E-state index is 0.0383. The van der Waals surface area contributed by atoms with Gasteiger partial charge in [0.25, 0.3) is 0 Å². The molecule has 1 unspecified atom stereocenters. The molecule has 2 N–H and O–H groups in total. The first-order valence-corrected chi connectivity index (χ1v) is 9.16. The Kier molecular flexibility index (Phi) is 3.86. The molecule has 3 fully saturated rings. The highest BCUT2D eigenvalue weighted by atomic mass is 16.4. The van der Waals surface area contributed by atoms with Crippen LogP contribution in [0.25, 0.3) is 0 Å². The third kappa shape index (κ3) is 3.17. The summed E-state index contributed by atoms with van der Waals surface area (Å²) >= 11 is 0. The minimum atomic E-state index is -0.640. The molecule has 1 aromatic heterocycles. The summed E-state index contributed by atoms with van der Waals surface area (Å²) in [5, 5.41) is 19.3. The fourth-order valence-electron chi connectivity index (χ4n) is 4.33. The Morgan fingerprint density at radius 1 is 1.08 bits per heavy atom. The molecule has 1 aromatic rings. The van der Waals surface area contributed by atoms with Crippen LogP contribution in [0, 0.1) is 11.3 Å². The molecular weight excluding hydrogens is 320 g/mol. The van der Waals surface area contributed by atoms with Gasteiger partial charge in [0, 0.05) is 32.2 Å². The van der Waals surface area contributed by atoms with Gasteiger partial charge >= 0.3 is 5.97 Å². The highest BCUT2D eigenvalue weighted by Gasteiger charge is 2.58. The van der Waals surface area contributed by atoms with Crippen molar-refractivity contribution in [2.24, 2.45) is 11.3 Å². The lowest BCUT2D eigenvalue weighted by atomic mass is 9.91.